The number of benzene rings is 2. The maximum atomic E-state index is 13.6. The van der Waals surface area contributed by atoms with Crippen LogP contribution in [0.25, 0.3) is 28.8 Å². The molecule has 184 valence electrons. The highest BCUT2D eigenvalue weighted by Crippen LogP contribution is 2.33. The van der Waals surface area contributed by atoms with Crippen LogP contribution in [0.2, 0.25) is 0 Å². The van der Waals surface area contributed by atoms with Crippen LogP contribution in [-0.2, 0) is 17.9 Å². The Hall–Kier alpha value is -4.24. The molecule has 1 aliphatic heterocycles. The van der Waals surface area contributed by atoms with Gasteiger partial charge in [-0.3, -0.25) is 4.79 Å². The van der Waals surface area contributed by atoms with Gasteiger partial charge < -0.3 is 23.7 Å². The van der Waals surface area contributed by atoms with Crippen LogP contribution in [0.1, 0.15) is 29.6 Å². The molecule has 4 aromatic rings. The van der Waals surface area contributed by atoms with Crippen molar-refractivity contribution in [1.82, 2.24) is 19.1 Å². The second-order valence-electron chi connectivity index (χ2n) is 8.63. The number of ether oxygens (including phenoxy) is 2. The number of aliphatic hydroxyl groups excluding tert-OH is 1. The molecule has 0 bridgehead atoms. The second kappa shape index (κ2) is 9.43. The van der Waals surface area contributed by atoms with Crippen molar-refractivity contribution in [1.29, 1.82) is 0 Å². The number of nitrogens with zero attached hydrogens (tertiary/aromatic N) is 4. The van der Waals surface area contributed by atoms with Crippen LogP contribution in [-0.4, -0.2) is 37.4 Å². The molecule has 0 aliphatic carbocycles. The fourth-order valence-corrected chi connectivity index (χ4v) is 4.40. The molecule has 1 unspecified atom stereocenters. The summed E-state index contributed by atoms with van der Waals surface area (Å²) in [5.41, 5.74) is 3.20. The molecule has 0 radical (unpaired) electrons. The summed E-state index contributed by atoms with van der Waals surface area (Å²) in [7, 11) is 1.60. The third-order valence-corrected chi connectivity index (χ3v) is 6.03. The number of rotatable bonds is 5. The number of fused-ring (bicyclic) bond motifs is 1. The lowest BCUT2D eigenvalue weighted by atomic mass is 10.0. The standard InChI is InChI=1S/C27H25FN4O4/c1-16-12-31(15-29-16)22-9-4-18(10-23(22)35-3)11-24-26-30-27(34)21(14-33)25(32(26)13-17(2)36-24)19-5-7-20(28)8-6-19/h4-12,15,17,33H,13-14H2,1-3H3/b24-11+. The summed E-state index contributed by atoms with van der Waals surface area (Å²) in [6.07, 6.45) is 5.19. The smallest absolute Gasteiger partial charge is 0.279 e. The molecule has 0 spiro atoms. The molecule has 9 heteroatoms. The van der Waals surface area contributed by atoms with Crippen molar-refractivity contribution in [2.24, 2.45) is 0 Å². The van der Waals surface area contributed by atoms with E-state index in [0.29, 0.717) is 35.1 Å². The number of hydrogen-bond donors (Lipinski definition) is 1. The van der Waals surface area contributed by atoms with E-state index in [9.17, 15) is 14.3 Å². The number of aliphatic hydroxyl groups is 1. The van der Waals surface area contributed by atoms with Crippen LogP contribution in [0.5, 0.6) is 5.75 Å². The third-order valence-electron chi connectivity index (χ3n) is 6.03. The highest BCUT2D eigenvalue weighted by atomic mass is 19.1. The minimum Gasteiger partial charge on any atom is -0.495 e. The van der Waals surface area contributed by atoms with Crippen molar-refractivity contribution >= 4 is 11.8 Å². The monoisotopic (exact) mass is 488 g/mol. The van der Waals surface area contributed by atoms with Gasteiger partial charge >= 0.3 is 0 Å². The van der Waals surface area contributed by atoms with E-state index in [0.717, 1.165) is 16.9 Å². The van der Waals surface area contributed by atoms with Crippen molar-refractivity contribution in [3.05, 3.63) is 93.8 Å². The fourth-order valence-electron chi connectivity index (χ4n) is 4.40. The molecule has 2 aromatic heterocycles. The van der Waals surface area contributed by atoms with Gasteiger partial charge in [0.2, 0.25) is 0 Å². The Balaban J connectivity index is 1.65. The SMILES string of the molecule is COc1cc(/C=C2/OC(C)Cn3c2nc(=O)c(CO)c3-c2ccc(F)cc2)ccc1-n1cnc(C)c1. The molecule has 2 aromatic carbocycles. The number of hydrogen-bond acceptors (Lipinski definition) is 6. The molecule has 0 fully saturated rings. The van der Waals surface area contributed by atoms with Crippen LogP contribution in [0.4, 0.5) is 4.39 Å². The Morgan fingerprint density at radius 2 is 2.03 bits per heavy atom. The lowest BCUT2D eigenvalue weighted by Crippen LogP contribution is -2.32. The van der Waals surface area contributed by atoms with Gasteiger partial charge in [0.25, 0.3) is 5.56 Å². The zero-order valence-electron chi connectivity index (χ0n) is 20.1. The predicted molar refractivity (Wildman–Crippen MR) is 133 cm³/mol. The zero-order valence-corrected chi connectivity index (χ0v) is 20.1. The van der Waals surface area contributed by atoms with Crippen LogP contribution in [0.15, 0.2) is 59.8 Å². The molecule has 8 nitrogen and oxygen atoms in total. The molecule has 0 saturated carbocycles. The van der Waals surface area contributed by atoms with Crippen molar-refractivity contribution in [3.8, 4) is 22.7 Å². The average molecular weight is 489 g/mol. The van der Waals surface area contributed by atoms with Crippen LogP contribution >= 0.6 is 0 Å². The molecule has 1 aliphatic rings. The molecule has 5 rings (SSSR count). The summed E-state index contributed by atoms with van der Waals surface area (Å²) in [6, 6.07) is 11.5. The molecular formula is C27H25FN4O4. The van der Waals surface area contributed by atoms with E-state index in [2.05, 4.69) is 9.97 Å². The van der Waals surface area contributed by atoms with Crippen molar-refractivity contribution in [2.75, 3.05) is 7.11 Å². The summed E-state index contributed by atoms with van der Waals surface area (Å²) in [5, 5.41) is 9.97. The van der Waals surface area contributed by atoms with Gasteiger partial charge in [0.1, 0.15) is 17.7 Å². The molecule has 0 saturated heterocycles. The summed E-state index contributed by atoms with van der Waals surface area (Å²) in [4.78, 5) is 21.4. The van der Waals surface area contributed by atoms with E-state index in [1.807, 2.05) is 47.4 Å². The Kier molecular flexibility index (Phi) is 6.15. The van der Waals surface area contributed by atoms with Gasteiger partial charge in [-0.1, -0.05) is 6.07 Å². The number of aromatic nitrogens is 4. The first-order valence-electron chi connectivity index (χ1n) is 11.5. The molecular weight excluding hydrogens is 463 g/mol. The van der Waals surface area contributed by atoms with Gasteiger partial charge in [-0.15, -0.1) is 0 Å². The number of aryl methyl sites for hydroxylation is 1. The van der Waals surface area contributed by atoms with Crippen LogP contribution in [0.3, 0.4) is 0 Å². The molecule has 3 heterocycles. The van der Waals surface area contributed by atoms with Gasteiger partial charge in [-0.25, -0.2) is 9.37 Å². The van der Waals surface area contributed by atoms with E-state index >= 15 is 0 Å². The first-order chi connectivity index (χ1) is 17.4. The van der Waals surface area contributed by atoms with Gasteiger partial charge in [-0.05, 0) is 67.4 Å². The van der Waals surface area contributed by atoms with E-state index in [1.165, 1.54) is 12.1 Å². The first-order valence-corrected chi connectivity index (χ1v) is 11.5. The second-order valence-corrected chi connectivity index (χ2v) is 8.63. The molecule has 0 amide bonds. The third kappa shape index (κ3) is 4.29. The highest BCUT2D eigenvalue weighted by Gasteiger charge is 2.27. The summed E-state index contributed by atoms with van der Waals surface area (Å²) in [5.74, 6) is 0.994. The minimum atomic E-state index is -0.560. The average Bonchev–Trinajstić information content (AvgIpc) is 3.30. The topological polar surface area (TPSA) is 91.4 Å². The van der Waals surface area contributed by atoms with Crippen molar-refractivity contribution in [3.63, 3.8) is 0 Å². The van der Waals surface area contributed by atoms with Gasteiger partial charge in [0, 0.05) is 6.20 Å². The number of halogens is 1. The summed E-state index contributed by atoms with van der Waals surface area (Å²) < 4.78 is 29.0. The first kappa shape index (κ1) is 23.5. The maximum Gasteiger partial charge on any atom is 0.279 e. The largest absolute Gasteiger partial charge is 0.495 e. The van der Waals surface area contributed by atoms with Crippen molar-refractivity contribution in [2.45, 2.75) is 33.1 Å². The minimum absolute atomic E-state index is 0.153. The Bertz CT molecular complexity index is 1520. The van der Waals surface area contributed by atoms with Crippen LogP contribution < -0.4 is 10.3 Å². The zero-order chi connectivity index (χ0) is 25.4. The normalized spacial score (nSPS) is 16.0. The Morgan fingerprint density at radius 3 is 2.69 bits per heavy atom. The lowest BCUT2D eigenvalue weighted by molar-refractivity contribution is 0.144. The molecule has 1 atom stereocenters. The van der Waals surface area contributed by atoms with E-state index in [-0.39, 0.29) is 17.5 Å². The van der Waals surface area contributed by atoms with E-state index < -0.39 is 12.2 Å². The van der Waals surface area contributed by atoms with Crippen LogP contribution in [0, 0.1) is 12.7 Å². The van der Waals surface area contributed by atoms with Gasteiger partial charge in [-0.2, -0.15) is 4.98 Å². The molecule has 36 heavy (non-hydrogen) atoms. The Morgan fingerprint density at radius 1 is 1.25 bits per heavy atom. The van der Waals surface area contributed by atoms with E-state index in [4.69, 9.17) is 9.47 Å². The summed E-state index contributed by atoms with van der Waals surface area (Å²) in [6.45, 7) is 3.74. The quantitative estimate of drug-likeness (QED) is 0.457. The van der Waals surface area contributed by atoms with E-state index in [1.54, 1.807) is 31.6 Å². The van der Waals surface area contributed by atoms with Gasteiger partial charge in [0.05, 0.1) is 49.2 Å². The van der Waals surface area contributed by atoms with Gasteiger partial charge in [0.15, 0.2) is 11.6 Å². The fraction of sp³-hybridized carbons (Fsp3) is 0.222. The number of imidazole rings is 1. The lowest BCUT2D eigenvalue weighted by Gasteiger charge is -2.30. The number of methoxy groups -OCH3 is 1. The highest BCUT2D eigenvalue weighted by molar-refractivity contribution is 5.78. The molecule has 1 N–H and O–H groups in total. The predicted octanol–water partition coefficient (Wildman–Crippen LogP) is 3.96. The maximum absolute atomic E-state index is 13.6. The summed E-state index contributed by atoms with van der Waals surface area (Å²) >= 11 is 0. The van der Waals surface area contributed by atoms with Crippen molar-refractivity contribution < 1.29 is 19.0 Å². The Labute approximate surface area is 206 Å².